The summed E-state index contributed by atoms with van der Waals surface area (Å²) >= 11 is 0. The van der Waals surface area contributed by atoms with Crippen molar-refractivity contribution < 1.29 is 13.6 Å². The standard InChI is InChI=1S/C17H14F2N4O/c18-16(19)12-5-2-6-14-15(12)22-17(24)13(21)9-23(14)11-4-1-3-10(7-11)8-20/h1-7,13,16H,9,21H2,(H,22,24)/t13-/m0/s1. The zero-order valence-electron chi connectivity index (χ0n) is 12.5. The fourth-order valence-electron chi connectivity index (χ4n) is 2.68. The van der Waals surface area contributed by atoms with Crippen LogP contribution < -0.4 is 16.0 Å². The molecule has 0 bridgehead atoms. The van der Waals surface area contributed by atoms with Gasteiger partial charge in [-0.3, -0.25) is 4.79 Å². The van der Waals surface area contributed by atoms with E-state index in [9.17, 15) is 13.6 Å². The van der Waals surface area contributed by atoms with Crippen molar-refractivity contribution in [3.05, 3.63) is 53.6 Å². The topological polar surface area (TPSA) is 82.2 Å². The molecule has 1 aliphatic heterocycles. The van der Waals surface area contributed by atoms with E-state index in [2.05, 4.69) is 5.32 Å². The SMILES string of the molecule is N#Cc1cccc(N2C[C@H](N)C(=O)Nc3c(C(F)F)cccc32)c1. The normalized spacial score (nSPS) is 17.0. The number of anilines is 3. The second-order valence-electron chi connectivity index (χ2n) is 5.41. The van der Waals surface area contributed by atoms with Gasteiger partial charge in [0.1, 0.15) is 6.04 Å². The van der Waals surface area contributed by atoms with Crippen LogP contribution in [0.2, 0.25) is 0 Å². The van der Waals surface area contributed by atoms with Crippen molar-refractivity contribution in [3.8, 4) is 6.07 Å². The molecule has 0 saturated heterocycles. The minimum atomic E-state index is -2.73. The molecule has 0 aliphatic carbocycles. The molecule has 7 heteroatoms. The van der Waals surface area contributed by atoms with E-state index in [1.807, 2.05) is 6.07 Å². The number of carbonyl (C=O) groups is 1. The Labute approximate surface area is 137 Å². The average molecular weight is 328 g/mol. The molecule has 1 atom stereocenters. The first-order chi connectivity index (χ1) is 11.5. The quantitative estimate of drug-likeness (QED) is 0.888. The first-order valence-corrected chi connectivity index (χ1v) is 7.26. The van der Waals surface area contributed by atoms with Gasteiger partial charge in [-0.05, 0) is 24.3 Å². The molecule has 24 heavy (non-hydrogen) atoms. The summed E-state index contributed by atoms with van der Waals surface area (Å²) in [5.74, 6) is -0.525. The van der Waals surface area contributed by atoms with Gasteiger partial charge in [-0.15, -0.1) is 0 Å². The number of carbonyl (C=O) groups excluding carboxylic acids is 1. The molecule has 0 fully saturated rings. The van der Waals surface area contributed by atoms with E-state index in [1.165, 1.54) is 12.1 Å². The van der Waals surface area contributed by atoms with Gasteiger partial charge < -0.3 is 16.0 Å². The molecule has 0 unspecified atom stereocenters. The molecule has 1 heterocycles. The van der Waals surface area contributed by atoms with Crippen LogP contribution >= 0.6 is 0 Å². The van der Waals surface area contributed by atoms with Gasteiger partial charge in [0.25, 0.3) is 6.43 Å². The monoisotopic (exact) mass is 328 g/mol. The summed E-state index contributed by atoms with van der Waals surface area (Å²) < 4.78 is 26.6. The number of nitrogens with one attached hydrogen (secondary N) is 1. The van der Waals surface area contributed by atoms with E-state index in [0.717, 1.165) is 0 Å². The van der Waals surface area contributed by atoms with E-state index in [0.29, 0.717) is 16.9 Å². The maximum absolute atomic E-state index is 13.3. The number of nitrogens with two attached hydrogens (primary N) is 1. The Morgan fingerprint density at radius 3 is 2.75 bits per heavy atom. The van der Waals surface area contributed by atoms with Gasteiger partial charge in [0.15, 0.2) is 0 Å². The summed E-state index contributed by atoms with van der Waals surface area (Å²) in [5.41, 5.74) is 7.11. The first-order valence-electron chi connectivity index (χ1n) is 7.26. The molecule has 1 amide bonds. The molecule has 1 aliphatic rings. The molecule has 2 aromatic rings. The van der Waals surface area contributed by atoms with Gasteiger partial charge in [-0.1, -0.05) is 18.2 Å². The van der Waals surface area contributed by atoms with Crippen molar-refractivity contribution in [1.82, 2.24) is 0 Å². The number of fused-ring (bicyclic) bond motifs is 1. The van der Waals surface area contributed by atoms with Crippen molar-refractivity contribution >= 4 is 23.0 Å². The molecular formula is C17H14F2N4O. The van der Waals surface area contributed by atoms with E-state index >= 15 is 0 Å². The fourth-order valence-corrected chi connectivity index (χ4v) is 2.68. The van der Waals surface area contributed by atoms with E-state index in [4.69, 9.17) is 11.0 Å². The fraction of sp³-hybridized carbons (Fsp3) is 0.176. The number of nitrogens with zero attached hydrogens (tertiary/aromatic N) is 2. The highest BCUT2D eigenvalue weighted by molar-refractivity contribution is 6.01. The molecule has 2 aromatic carbocycles. The molecule has 3 rings (SSSR count). The second-order valence-corrected chi connectivity index (χ2v) is 5.41. The summed E-state index contributed by atoms with van der Waals surface area (Å²) in [7, 11) is 0. The molecule has 5 nitrogen and oxygen atoms in total. The largest absolute Gasteiger partial charge is 0.338 e. The van der Waals surface area contributed by atoms with E-state index in [-0.39, 0.29) is 17.8 Å². The molecule has 3 N–H and O–H groups in total. The molecule has 122 valence electrons. The third kappa shape index (κ3) is 2.79. The number of rotatable bonds is 2. The average Bonchev–Trinajstić information content (AvgIpc) is 2.71. The third-order valence-corrected chi connectivity index (χ3v) is 3.85. The molecule has 0 radical (unpaired) electrons. The Hall–Kier alpha value is -2.98. The number of halogens is 2. The van der Waals surface area contributed by atoms with Crippen LogP contribution in [-0.2, 0) is 4.79 Å². The summed E-state index contributed by atoms with van der Waals surface area (Å²) in [5, 5.41) is 11.6. The van der Waals surface area contributed by atoms with Gasteiger partial charge in [0.05, 0.1) is 23.0 Å². The van der Waals surface area contributed by atoms with Crippen LogP contribution in [0.3, 0.4) is 0 Å². The Bertz CT molecular complexity index is 832. The Morgan fingerprint density at radius 2 is 2.04 bits per heavy atom. The zero-order chi connectivity index (χ0) is 17.3. The van der Waals surface area contributed by atoms with Crippen molar-refractivity contribution in [2.45, 2.75) is 12.5 Å². The number of amides is 1. The number of benzene rings is 2. The number of alkyl halides is 2. The van der Waals surface area contributed by atoms with E-state index in [1.54, 1.807) is 35.2 Å². The maximum atomic E-state index is 13.3. The Balaban J connectivity index is 2.19. The van der Waals surface area contributed by atoms with Crippen LogP contribution in [0.25, 0.3) is 0 Å². The van der Waals surface area contributed by atoms with Crippen molar-refractivity contribution in [2.75, 3.05) is 16.8 Å². The molecule has 0 aromatic heterocycles. The van der Waals surface area contributed by atoms with Gasteiger partial charge in [0, 0.05) is 17.8 Å². The Morgan fingerprint density at radius 1 is 1.29 bits per heavy atom. The third-order valence-electron chi connectivity index (χ3n) is 3.85. The second kappa shape index (κ2) is 6.26. The number of para-hydroxylation sites is 1. The van der Waals surface area contributed by atoms with Gasteiger partial charge in [0.2, 0.25) is 5.91 Å². The highest BCUT2D eigenvalue weighted by Gasteiger charge is 2.29. The van der Waals surface area contributed by atoms with Crippen LogP contribution in [0, 0.1) is 11.3 Å². The lowest BCUT2D eigenvalue weighted by Gasteiger charge is -2.26. The number of nitriles is 1. The molecule has 0 spiro atoms. The van der Waals surface area contributed by atoms with Gasteiger partial charge in [-0.2, -0.15) is 5.26 Å². The molecular weight excluding hydrogens is 314 g/mol. The first kappa shape index (κ1) is 15.9. The van der Waals surface area contributed by atoms with Crippen LogP contribution in [0.1, 0.15) is 17.6 Å². The van der Waals surface area contributed by atoms with E-state index < -0.39 is 18.4 Å². The van der Waals surface area contributed by atoms with Crippen molar-refractivity contribution in [3.63, 3.8) is 0 Å². The predicted octanol–water partition coefficient (Wildman–Crippen LogP) is 2.91. The molecule has 0 saturated carbocycles. The minimum Gasteiger partial charge on any atom is -0.338 e. The predicted molar refractivity (Wildman–Crippen MR) is 86.2 cm³/mol. The maximum Gasteiger partial charge on any atom is 0.265 e. The van der Waals surface area contributed by atoms with Crippen LogP contribution in [-0.4, -0.2) is 18.5 Å². The van der Waals surface area contributed by atoms with Gasteiger partial charge >= 0.3 is 0 Å². The lowest BCUT2D eigenvalue weighted by molar-refractivity contribution is -0.117. The van der Waals surface area contributed by atoms with Crippen molar-refractivity contribution in [1.29, 1.82) is 5.26 Å². The lowest BCUT2D eigenvalue weighted by atomic mass is 10.1. The number of hydrogen-bond donors (Lipinski definition) is 2. The lowest BCUT2D eigenvalue weighted by Crippen LogP contribution is -2.41. The summed E-state index contributed by atoms with van der Waals surface area (Å²) in [4.78, 5) is 13.8. The summed E-state index contributed by atoms with van der Waals surface area (Å²) in [6, 6.07) is 12.2. The number of hydrogen-bond acceptors (Lipinski definition) is 4. The van der Waals surface area contributed by atoms with Crippen LogP contribution in [0.5, 0.6) is 0 Å². The minimum absolute atomic E-state index is 0.0489. The summed E-state index contributed by atoms with van der Waals surface area (Å²) in [6.07, 6.45) is -2.73. The smallest absolute Gasteiger partial charge is 0.265 e. The Kier molecular flexibility index (Phi) is 4.15. The summed E-state index contributed by atoms with van der Waals surface area (Å²) in [6.45, 7) is 0.112. The highest BCUT2D eigenvalue weighted by Crippen LogP contribution is 2.40. The van der Waals surface area contributed by atoms with Gasteiger partial charge in [-0.25, -0.2) is 8.78 Å². The zero-order valence-corrected chi connectivity index (χ0v) is 12.5. The van der Waals surface area contributed by atoms with Crippen LogP contribution in [0.15, 0.2) is 42.5 Å². The van der Waals surface area contributed by atoms with Crippen LogP contribution in [0.4, 0.5) is 25.8 Å². The highest BCUT2D eigenvalue weighted by atomic mass is 19.3. The van der Waals surface area contributed by atoms with Crippen molar-refractivity contribution in [2.24, 2.45) is 5.73 Å².